The first-order chi connectivity index (χ1) is 14.4. The minimum absolute atomic E-state index is 0.0247. The van der Waals surface area contributed by atoms with Crippen molar-refractivity contribution in [1.29, 1.82) is 0 Å². The monoisotopic (exact) mass is 415 g/mol. The summed E-state index contributed by atoms with van der Waals surface area (Å²) in [6.07, 6.45) is -0.719. The van der Waals surface area contributed by atoms with E-state index in [1.165, 1.54) is 6.07 Å². The molecule has 2 atom stereocenters. The summed E-state index contributed by atoms with van der Waals surface area (Å²) in [7, 11) is 0. The third kappa shape index (κ3) is 6.26. The lowest BCUT2D eigenvalue weighted by molar-refractivity contribution is -0.118. The van der Waals surface area contributed by atoms with Crippen LogP contribution in [0.15, 0.2) is 48.5 Å². The third-order valence-corrected chi connectivity index (χ3v) is 5.35. The summed E-state index contributed by atoms with van der Waals surface area (Å²) in [6, 6.07) is 14.1. The number of hydrogen-bond acceptors (Lipinski definition) is 5. The number of carbonyl (C=O) groups excluding carboxylic acids is 1. The second-order valence-corrected chi connectivity index (χ2v) is 7.84. The van der Waals surface area contributed by atoms with Crippen LogP contribution in [0, 0.1) is 12.7 Å². The number of nitrogens with one attached hydrogen (secondary N) is 1. The molecule has 1 fully saturated rings. The molecule has 0 aromatic heterocycles. The minimum Gasteiger partial charge on any atom is -0.488 e. The van der Waals surface area contributed by atoms with Crippen LogP contribution in [0.2, 0.25) is 0 Å². The van der Waals surface area contributed by atoms with Crippen molar-refractivity contribution in [2.24, 2.45) is 0 Å². The zero-order valence-corrected chi connectivity index (χ0v) is 17.6. The zero-order valence-electron chi connectivity index (χ0n) is 17.6. The molecular weight excluding hydrogens is 385 g/mol. The smallest absolute Gasteiger partial charge is 0.238 e. The Morgan fingerprint density at radius 1 is 1.23 bits per heavy atom. The van der Waals surface area contributed by atoms with Crippen molar-refractivity contribution in [3.8, 4) is 5.75 Å². The number of benzene rings is 2. The van der Waals surface area contributed by atoms with Crippen LogP contribution in [0.25, 0.3) is 0 Å². The maximum Gasteiger partial charge on any atom is 0.238 e. The summed E-state index contributed by atoms with van der Waals surface area (Å²) in [5.41, 5.74) is 1.88. The van der Waals surface area contributed by atoms with Gasteiger partial charge in [0.1, 0.15) is 12.7 Å². The standard InChI is InChI=1S/C23H30FN3O3/c1-17-7-3-5-9-21(17)25-23(29)15-26-11-12-27(18(2)13-26)14-19(28)16-30-22-10-6-4-8-20(22)24/h3-10,18-19,28H,11-16H2,1-2H3,(H,25,29)/t18-,19-/m0/s1. The lowest BCUT2D eigenvalue weighted by Crippen LogP contribution is -2.55. The average molecular weight is 416 g/mol. The van der Waals surface area contributed by atoms with Crippen LogP contribution in [0.5, 0.6) is 5.75 Å². The molecule has 2 N–H and O–H groups in total. The first-order valence-corrected chi connectivity index (χ1v) is 10.3. The predicted molar refractivity (Wildman–Crippen MR) is 115 cm³/mol. The van der Waals surface area contributed by atoms with Crippen molar-refractivity contribution in [2.45, 2.75) is 26.0 Å². The van der Waals surface area contributed by atoms with Gasteiger partial charge in [-0.1, -0.05) is 30.3 Å². The number of amides is 1. The van der Waals surface area contributed by atoms with E-state index < -0.39 is 11.9 Å². The molecule has 30 heavy (non-hydrogen) atoms. The third-order valence-electron chi connectivity index (χ3n) is 5.35. The van der Waals surface area contributed by atoms with Crippen LogP contribution >= 0.6 is 0 Å². The Labute approximate surface area is 177 Å². The molecule has 0 saturated carbocycles. The number of aliphatic hydroxyl groups is 1. The number of carbonyl (C=O) groups is 1. The average Bonchev–Trinajstić information content (AvgIpc) is 2.71. The van der Waals surface area contributed by atoms with E-state index in [2.05, 4.69) is 22.0 Å². The second kappa shape index (κ2) is 10.5. The van der Waals surface area contributed by atoms with Gasteiger partial charge in [-0.2, -0.15) is 0 Å². The van der Waals surface area contributed by atoms with Crippen molar-refractivity contribution in [2.75, 3.05) is 44.6 Å². The fourth-order valence-corrected chi connectivity index (χ4v) is 3.66. The fourth-order valence-electron chi connectivity index (χ4n) is 3.66. The van der Waals surface area contributed by atoms with Crippen LogP contribution in [0.4, 0.5) is 10.1 Å². The van der Waals surface area contributed by atoms with Gasteiger partial charge in [0.15, 0.2) is 11.6 Å². The fraction of sp³-hybridized carbons (Fsp3) is 0.435. The molecule has 7 heteroatoms. The van der Waals surface area contributed by atoms with Gasteiger partial charge in [-0.15, -0.1) is 0 Å². The van der Waals surface area contributed by atoms with E-state index in [1.807, 2.05) is 31.2 Å². The summed E-state index contributed by atoms with van der Waals surface area (Å²) in [4.78, 5) is 16.7. The van der Waals surface area contributed by atoms with Gasteiger partial charge in [-0.05, 0) is 37.6 Å². The number of halogens is 1. The topological polar surface area (TPSA) is 65.0 Å². The van der Waals surface area contributed by atoms with Crippen molar-refractivity contribution in [3.05, 3.63) is 59.9 Å². The Bertz CT molecular complexity index is 848. The van der Waals surface area contributed by atoms with Gasteiger partial charge in [-0.3, -0.25) is 14.6 Å². The number of hydrogen-bond donors (Lipinski definition) is 2. The molecule has 1 aliphatic heterocycles. The zero-order chi connectivity index (χ0) is 21.5. The van der Waals surface area contributed by atoms with Gasteiger partial charge < -0.3 is 15.2 Å². The highest BCUT2D eigenvalue weighted by molar-refractivity contribution is 5.92. The Balaban J connectivity index is 1.41. The summed E-state index contributed by atoms with van der Waals surface area (Å²) < 4.78 is 19.0. The predicted octanol–water partition coefficient (Wildman–Crippen LogP) is 2.52. The Kier molecular flexibility index (Phi) is 7.79. The van der Waals surface area contributed by atoms with E-state index in [9.17, 15) is 14.3 Å². The van der Waals surface area contributed by atoms with Crippen LogP contribution < -0.4 is 10.1 Å². The summed E-state index contributed by atoms with van der Waals surface area (Å²) in [5.74, 6) is -0.312. The summed E-state index contributed by atoms with van der Waals surface area (Å²) >= 11 is 0. The number of rotatable bonds is 8. The molecule has 6 nitrogen and oxygen atoms in total. The summed E-state index contributed by atoms with van der Waals surface area (Å²) in [6.45, 7) is 7.09. The first-order valence-electron chi connectivity index (χ1n) is 10.3. The van der Waals surface area contributed by atoms with Crippen molar-refractivity contribution >= 4 is 11.6 Å². The molecule has 0 unspecified atom stereocenters. The van der Waals surface area contributed by atoms with E-state index in [0.717, 1.165) is 30.9 Å². The Morgan fingerprint density at radius 3 is 2.70 bits per heavy atom. The number of ether oxygens (including phenoxy) is 1. The van der Waals surface area contributed by atoms with E-state index in [4.69, 9.17) is 4.74 Å². The maximum atomic E-state index is 13.6. The van der Waals surface area contributed by atoms with E-state index in [-0.39, 0.29) is 24.3 Å². The number of aliphatic hydroxyl groups excluding tert-OH is 1. The molecular formula is C23H30FN3O3. The molecule has 0 aliphatic carbocycles. The molecule has 0 bridgehead atoms. The quantitative estimate of drug-likeness (QED) is 0.694. The highest BCUT2D eigenvalue weighted by Crippen LogP contribution is 2.17. The lowest BCUT2D eigenvalue weighted by Gasteiger charge is -2.40. The highest BCUT2D eigenvalue weighted by Gasteiger charge is 2.26. The first kappa shape index (κ1) is 22.2. The van der Waals surface area contributed by atoms with Gasteiger partial charge in [0.25, 0.3) is 0 Å². The molecule has 1 heterocycles. The van der Waals surface area contributed by atoms with Crippen LogP contribution in [-0.2, 0) is 4.79 Å². The van der Waals surface area contributed by atoms with Crippen molar-refractivity contribution in [3.63, 3.8) is 0 Å². The van der Waals surface area contributed by atoms with Gasteiger partial charge in [0, 0.05) is 37.9 Å². The summed E-state index contributed by atoms with van der Waals surface area (Å²) in [5, 5.41) is 13.3. The molecule has 162 valence electrons. The number of piperazine rings is 1. The molecule has 2 aromatic rings. The molecule has 1 aliphatic rings. The van der Waals surface area contributed by atoms with Gasteiger partial charge in [0.2, 0.25) is 5.91 Å². The maximum absolute atomic E-state index is 13.6. The van der Waals surface area contributed by atoms with Crippen LogP contribution in [0.3, 0.4) is 0 Å². The largest absolute Gasteiger partial charge is 0.488 e. The van der Waals surface area contributed by atoms with Crippen molar-refractivity contribution < 1.29 is 19.0 Å². The molecule has 2 aromatic carbocycles. The van der Waals surface area contributed by atoms with Gasteiger partial charge >= 0.3 is 0 Å². The Hall–Kier alpha value is -2.48. The van der Waals surface area contributed by atoms with Gasteiger partial charge in [0.05, 0.1) is 6.54 Å². The highest BCUT2D eigenvalue weighted by atomic mass is 19.1. The molecule has 1 amide bonds. The number of β-amino-alcohol motifs (C(OH)–C–C–N with tert-alkyl or cyclic N) is 1. The SMILES string of the molecule is Cc1ccccc1NC(=O)CN1CCN(C[C@H](O)COc2ccccc2F)[C@@H](C)C1. The minimum atomic E-state index is -0.719. The molecule has 0 radical (unpaired) electrons. The van der Waals surface area contributed by atoms with Crippen LogP contribution in [0.1, 0.15) is 12.5 Å². The van der Waals surface area contributed by atoms with Crippen molar-refractivity contribution in [1.82, 2.24) is 9.80 Å². The van der Waals surface area contributed by atoms with Crippen LogP contribution in [-0.4, -0.2) is 72.3 Å². The van der Waals surface area contributed by atoms with E-state index in [0.29, 0.717) is 13.1 Å². The number of para-hydroxylation sites is 2. The second-order valence-electron chi connectivity index (χ2n) is 7.84. The normalized spacial score (nSPS) is 18.7. The van der Waals surface area contributed by atoms with Gasteiger partial charge in [-0.25, -0.2) is 4.39 Å². The number of anilines is 1. The molecule has 3 rings (SSSR count). The van der Waals surface area contributed by atoms with E-state index >= 15 is 0 Å². The number of aryl methyl sites for hydroxylation is 1. The molecule has 0 spiro atoms. The van der Waals surface area contributed by atoms with E-state index in [1.54, 1.807) is 18.2 Å². The molecule has 1 saturated heterocycles. The number of nitrogens with zero attached hydrogens (tertiary/aromatic N) is 2. The Morgan fingerprint density at radius 2 is 1.97 bits per heavy atom. The lowest BCUT2D eigenvalue weighted by atomic mass is 10.1.